The van der Waals surface area contributed by atoms with Crippen molar-refractivity contribution < 1.29 is 28.3 Å². The molecule has 0 spiro atoms. The van der Waals surface area contributed by atoms with Gasteiger partial charge in [0.1, 0.15) is 11.7 Å². The summed E-state index contributed by atoms with van der Waals surface area (Å²) in [6.45, 7) is 4.99. The summed E-state index contributed by atoms with van der Waals surface area (Å²) >= 11 is 0. The van der Waals surface area contributed by atoms with Gasteiger partial charge in [0.05, 0.1) is 30.6 Å². The van der Waals surface area contributed by atoms with Crippen LogP contribution in [0, 0.1) is 11.7 Å². The van der Waals surface area contributed by atoms with Gasteiger partial charge in [0.25, 0.3) is 5.91 Å². The Kier molecular flexibility index (Phi) is 7.10. The van der Waals surface area contributed by atoms with Crippen molar-refractivity contribution in [2.45, 2.75) is 38.8 Å². The second-order valence-corrected chi connectivity index (χ2v) is 8.99. The minimum atomic E-state index is -1.04. The molecule has 2 amide bonds. The minimum absolute atomic E-state index is 0.188. The Morgan fingerprint density at radius 3 is 2.38 bits per heavy atom. The van der Waals surface area contributed by atoms with Crippen LogP contribution in [0.1, 0.15) is 38.3 Å². The van der Waals surface area contributed by atoms with E-state index in [1.807, 2.05) is 55.5 Å². The fourth-order valence-corrected chi connectivity index (χ4v) is 4.84. The number of unbranched alkanes of at least 4 members (excludes halogenated alkanes) is 1. The molecule has 2 heterocycles. The number of imide groups is 1. The van der Waals surface area contributed by atoms with E-state index in [0.29, 0.717) is 30.4 Å². The summed E-state index contributed by atoms with van der Waals surface area (Å²) in [4.78, 5) is 34.4. The van der Waals surface area contributed by atoms with E-state index in [2.05, 4.69) is 6.92 Å². The summed E-state index contributed by atoms with van der Waals surface area (Å²) in [7, 11) is 0. The normalized spacial score (nSPS) is 20.9. The van der Waals surface area contributed by atoms with Crippen molar-refractivity contribution in [1.82, 2.24) is 0 Å². The summed E-state index contributed by atoms with van der Waals surface area (Å²) in [5.41, 5.74) is 1.64. The van der Waals surface area contributed by atoms with E-state index in [-0.39, 0.29) is 5.69 Å². The molecule has 3 aromatic rings. The van der Waals surface area contributed by atoms with Gasteiger partial charge in [0, 0.05) is 0 Å². The van der Waals surface area contributed by atoms with Crippen molar-refractivity contribution >= 4 is 23.2 Å². The quantitative estimate of drug-likeness (QED) is 0.285. The summed E-state index contributed by atoms with van der Waals surface area (Å²) in [5.74, 6) is -1.14. The first kappa shape index (κ1) is 24.8. The number of hydrogen-bond acceptors (Lipinski definition) is 6. The zero-order valence-electron chi connectivity index (χ0n) is 20.8. The van der Waals surface area contributed by atoms with E-state index in [4.69, 9.17) is 14.3 Å². The standard InChI is InChI=1S/C29H29FN2O5/c1-3-5-16-36-23-15-14-19(17-24(23)35-4-2)26-25-27(37-32(26)21-11-7-6-8-12-21)29(34)31(28(25)33)22-13-9-10-20(30)18-22/h6-15,17-18,25-27H,3-5,16H2,1-2H3/t25-,26-,27+/m1/s1. The van der Waals surface area contributed by atoms with Gasteiger partial charge in [-0.25, -0.2) is 14.4 Å². The molecule has 3 aromatic carbocycles. The van der Waals surface area contributed by atoms with Gasteiger partial charge in [-0.1, -0.05) is 43.7 Å². The van der Waals surface area contributed by atoms with E-state index in [1.165, 1.54) is 18.2 Å². The molecule has 2 fully saturated rings. The van der Waals surface area contributed by atoms with Crippen LogP contribution < -0.4 is 19.4 Å². The maximum absolute atomic E-state index is 13.9. The number of amides is 2. The molecule has 192 valence electrons. The molecule has 0 bridgehead atoms. The van der Waals surface area contributed by atoms with Crippen molar-refractivity contribution in [1.29, 1.82) is 0 Å². The first-order chi connectivity index (χ1) is 18.0. The molecular weight excluding hydrogens is 475 g/mol. The molecule has 0 saturated carbocycles. The van der Waals surface area contributed by atoms with E-state index < -0.39 is 35.7 Å². The molecule has 37 heavy (non-hydrogen) atoms. The maximum atomic E-state index is 13.9. The van der Waals surface area contributed by atoms with Crippen LogP contribution in [0.4, 0.5) is 15.8 Å². The van der Waals surface area contributed by atoms with Gasteiger partial charge in [0.2, 0.25) is 5.91 Å². The molecular formula is C29H29FN2O5. The largest absolute Gasteiger partial charge is 0.490 e. The second-order valence-electron chi connectivity index (χ2n) is 8.99. The summed E-state index contributed by atoms with van der Waals surface area (Å²) in [6, 6.07) is 19.7. The van der Waals surface area contributed by atoms with E-state index in [9.17, 15) is 14.0 Å². The van der Waals surface area contributed by atoms with E-state index in [0.717, 1.165) is 23.3 Å². The number of carbonyl (C=O) groups excluding carboxylic acids is 2. The highest BCUT2D eigenvalue weighted by atomic mass is 19.1. The van der Waals surface area contributed by atoms with Crippen molar-refractivity contribution in [2.75, 3.05) is 23.2 Å². The Labute approximate surface area is 215 Å². The van der Waals surface area contributed by atoms with Crippen LogP contribution in [0.2, 0.25) is 0 Å². The smallest absolute Gasteiger partial charge is 0.266 e. The van der Waals surface area contributed by atoms with Crippen LogP contribution >= 0.6 is 0 Å². The molecule has 2 saturated heterocycles. The van der Waals surface area contributed by atoms with Gasteiger partial charge >= 0.3 is 0 Å². The fraction of sp³-hybridized carbons (Fsp3) is 0.310. The lowest BCUT2D eigenvalue weighted by Gasteiger charge is -2.29. The van der Waals surface area contributed by atoms with Crippen LogP contribution in [0.25, 0.3) is 0 Å². The number of carbonyl (C=O) groups is 2. The molecule has 8 heteroatoms. The highest BCUT2D eigenvalue weighted by molar-refractivity contribution is 6.23. The van der Waals surface area contributed by atoms with Crippen molar-refractivity contribution in [3.05, 3.63) is 84.2 Å². The number of ether oxygens (including phenoxy) is 2. The van der Waals surface area contributed by atoms with Gasteiger partial charge in [-0.05, 0) is 61.4 Å². The zero-order valence-corrected chi connectivity index (χ0v) is 20.8. The molecule has 0 radical (unpaired) electrons. The average molecular weight is 505 g/mol. The van der Waals surface area contributed by atoms with Crippen molar-refractivity contribution in [2.24, 2.45) is 5.92 Å². The van der Waals surface area contributed by atoms with Gasteiger partial charge in [-0.15, -0.1) is 0 Å². The number of fused-ring (bicyclic) bond motifs is 1. The second kappa shape index (κ2) is 10.6. The Bertz CT molecular complexity index is 1280. The average Bonchev–Trinajstić information content (AvgIpc) is 3.41. The van der Waals surface area contributed by atoms with Gasteiger partial charge < -0.3 is 9.47 Å². The third kappa shape index (κ3) is 4.64. The fourth-order valence-electron chi connectivity index (χ4n) is 4.84. The van der Waals surface area contributed by atoms with Crippen LogP contribution in [-0.2, 0) is 14.4 Å². The number of hydrogen-bond donors (Lipinski definition) is 0. The van der Waals surface area contributed by atoms with E-state index >= 15 is 0 Å². The number of rotatable bonds is 9. The maximum Gasteiger partial charge on any atom is 0.266 e. The molecule has 2 aliphatic rings. The van der Waals surface area contributed by atoms with Crippen molar-refractivity contribution in [3.8, 4) is 11.5 Å². The van der Waals surface area contributed by atoms with Gasteiger partial charge in [0.15, 0.2) is 17.6 Å². The number of hydroxylamine groups is 1. The van der Waals surface area contributed by atoms with Crippen LogP contribution in [0.5, 0.6) is 11.5 Å². The Hall–Kier alpha value is -3.91. The summed E-state index contributed by atoms with van der Waals surface area (Å²) in [5, 5.41) is 1.62. The van der Waals surface area contributed by atoms with Crippen LogP contribution in [0.3, 0.4) is 0 Å². The Balaban J connectivity index is 1.55. The monoisotopic (exact) mass is 504 g/mol. The van der Waals surface area contributed by atoms with Gasteiger partial charge in [-0.2, -0.15) is 0 Å². The molecule has 2 aliphatic heterocycles. The number of anilines is 2. The lowest BCUT2D eigenvalue weighted by Crippen LogP contribution is -2.37. The molecule has 7 nitrogen and oxygen atoms in total. The lowest BCUT2D eigenvalue weighted by atomic mass is 9.90. The van der Waals surface area contributed by atoms with Crippen molar-refractivity contribution in [3.63, 3.8) is 0 Å². The molecule has 0 aliphatic carbocycles. The highest BCUT2D eigenvalue weighted by Gasteiger charge is 2.60. The predicted octanol–water partition coefficient (Wildman–Crippen LogP) is 5.45. The predicted molar refractivity (Wildman–Crippen MR) is 137 cm³/mol. The SMILES string of the molecule is CCCCOc1ccc([C@@H]2[C@H]3C(=O)N(c4cccc(F)c4)C(=O)[C@H]3ON2c2ccccc2)cc1OCC. The lowest BCUT2D eigenvalue weighted by molar-refractivity contribution is -0.126. The molecule has 0 unspecified atom stereocenters. The van der Waals surface area contributed by atoms with Gasteiger partial charge in [-0.3, -0.25) is 14.4 Å². The van der Waals surface area contributed by atoms with E-state index in [1.54, 1.807) is 11.1 Å². The molecule has 5 rings (SSSR count). The van der Waals surface area contributed by atoms with Crippen LogP contribution in [-0.4, -0.2) is 31.1 Å². The first-order valence-electron chi connectivity index (χ1n) is 12.6. The van der Waals surface area contributed by atoms with Crippen LogP contribution in [0.15, 0.2) is 72.8 Å². The minimum Gasteiger partial charge on any atom is -0.490 e. The first-order valence-corrected chi connectivity index (χ1v) is 12.6. The summed E-state index contributed by atoms with van der Waals surface area (Å²) < 4.78 is 25.8. The third-order valence-corrected chi connectivity index (χ3v) is 6.56. The zero-order chi connectivity index (χ0) is 25.9. The Morgan fingerprint density at radius 1 is 0.865 bits per heavy atom. The number of para-hydroxylation sites is 1. The number of halogens is 1. The summed E-state index contributed by atoms with van der Waals surface area (Å²) in [6.07, 6.45) is 0.883. The number of nitrogens with zero attached hydrogens (tertiary/aromatic N) is 2. The molecule has 0 aromatic heterocycles. The molecule has 3 atom stereocenters. The molecule has 0 N–H and O–H groups in total. The topological polar surface area (TPSA) is 68.3 Å². The highest BCUT2D eigenvalue weighted by Crippen LogP contribution is 2.48. The number of benzene rings is 3. The Morgan fingerprint density at radius 2 is 1.65 bits per heavy atom. The third-order valence-electron chi connectivity index (χ3n) is 6.56.